The number of esters is 1. The third-order valence-electron chi connectivity index (χ3n) is 8.50. The molecule has 2 N–H and O–H groups in total. The number of benzene rings is 3. The SMILES string of the molecule is CCC1(CC)OC(=O)N(CCC(C)(C)NCC(OC(=O)C(F)(F)F)c2ccc(OCc3ccccc3)c(NS(C)(=O)=O)c2)c2ccc(F)cc21. The number of rotatable bonds is 15. The Labute approximate surface area is 289 Å². The number of carbonyl (C=O) groups is 2. The standard InChI is InChI=1S/C35H41F4N3O7S/c1-6-34(7-2)26-20-25(36)14-15-28(26)42(32(44)49-34)18-17-33(3,4)40-21-30(48-31(43)35(37,38)39)24-13-16-29(27(19-24)41-50(5,45)46)47-22-23-11-9-8-10-12-23/h8-16,19-20,30,40-41H,6-7,17-18,21-22H2,1-5H3. The molecule has 4 rings (SSSR count). The van der Waals surface area contributed by atoms with E-state index < -0.39 is 51.3 Å². The van der Waals surface area contributed by atoms with Gasteiger partial charge in [-0.05, 0) is 74.6 Å². The molecule has 1 aliphatic heterocycles. The van der Waals surface area contributed by atoms with Crippen LogP contribution in [0.25, 0.3) is 0 Å². The first-order valence-electron chi connectivity index (χ1n) is 16.0. The van der Waals surface area contributed by atoms with Gasteiger partial charge in [-0.25, -0.2) is 22.4 Å². The summed E-state index contributed by atoms with van der Waals surface area (Å²) in [6, 6.07) is 17.2. The van der Waals surface area contributed by atoms with Gasteiger partial charge in [0.2, 0.25) is 10.0 Å². The number of cyclic esters (lactones) is 1. The molecule has 272 valence electrons. The van der Waals surface area contributed by atoms with E-state index in [0.717, 1.165) is 11.8 Å². The third-order valence-corrected chi connectivity index (χ3v) is 9.09. The number of ether oxygens (including phenoxy) is 3. The fourth-order valence-electron chi connectivity index (χ4n) is 5.63. The Hall–Kier alpha value is -4.37. The van der Waals surface area contributed by atoms with Gasteiger partial charge in [0.15, 0.2) is 0 Å². The van der Waals surface area contributed by atoms with Gasteiger partial charge in [-0.2, -0.15) is 13.2 Å². The highest BCUT2D eigenvalue weighted by Gasteiger charge is 2.44. The maximum atomic E-state index is 14.3. The van der Waals surface area contributed by atoms with E-state index in [0.29, 0.717) is 24.1 Å². The second-order valence-electron chi connectivity index (χ2n) is 12.7. The number of sulfonamides is 1. The third kappa shape index (κ3) is 9.65. The van der Waals surface area contributed by atoms with Crippen LogP contribution in [0.1, 0.15) is 69.8 Å². The lowest BCUT2D eigenvalue weighted by molar-refractivity contribution is -0.205. The molecule has 0 fully saturated rings. The summed E-state index contributed by atoms with van der Waals surface area (Å²) < 4.78 is 97.7. The molecule has 1 aliphatic rings. The molecule has 50 heavy (non-hydrogen) atoms. The van der Waals surface area contributed by atoms with E-state index in [1.807, 2.05) is 19.9 Å². The van der Waals surface area contributed by atoms with Gasteiger partial charge in [0.05, 0.1) is 17.6 Å². The summed E-state index contributed by atoms with van der Waals surface area (Å²) in [4.78, 5) is 26.6. The molecule has 3 aromatic carbocycles. The van der Waals surface area contributed by atoms with Crippen molar-refractivity contribution < 1.29 is 49.8 Å². The molecule has 0 bridgehead atoms. The molecule has 0 aliphatic carbocycles. The van der Waals surface area contributed by atoms with Crippen molar-refractivity contribution in [2.75, 3.05) is 29.0 Å². The van der Waals surface area contributed by atoms with Crippen LogP contribution in [0.3, 0.4) is 0 Å². The van der Waals surface area contributed by atoms with Crippen molar-refractivity contribution in [3.63, 3.8) is 0 Å². The fourth-order valence-corrected chi connectivity index (χ4v) is 6.19. The molecule has 0 saturated heterocycles. The van der Waals surface area contributed by atoms with Gasteiger partial charge in [0.1, 0.15) is 29.9 Å². The lowest BCUT2D eigenvalue weighted by Crippen LogP contribution is -2.49. The summed E-state index contributed by atoms with van der Waals surface area (Å²) in [7, 11) is -3.86. The highest BCUT2D eigenvalue weighted by molar-refractivity contribution is 7.92. The molecule has 1 atom stereocenters. The minimum Gasteiger partial charge on any atom is -0.487 e. The van der Waals surface area contributed by atoms with Crippen LogP contribution in [-0.4, -0.2) is 51.5 Å². The molecule has 3 aromatic rings. The van der Waals surface area contributed by atoms with Crippen LogP contribution in [0.4, 0.5) is 33.7 Å². The molecule has 0 spiro atoms. The first kappa shape index (κ1) is 38.4. The van der Waals surface area contributed by atoms with Crippen LogP contribution in [0.2, 0.25) is 0 Å². The molecule has 1 unspecified atom stereocenters. The van der Waals surface area contributed by atoms with Crippen LogP contribution < -0.4 is 19.7 Å². The smallest absolute Gasteiger partial charge is 0.487 e. The number of hydrogen-bond acceptors (Lipinski definition) is 8. The summed E-state index contributed by atoms with van der Waals surface area (Å²) in [5.41, 5.74) is -0.0335. The van der Waals surface area contributed by atoms with E-state index >= 15 is 0 Å². The van der Waals surface area contributed by atoms with E-state index in [4.69, 9.17) is 14.2 Å². The highest BCUT2D eigenvalue weighted by Crippen LogP contribution is 2.44. The van der Waals surface area contributed by atoms with Gasteiger partial charge in [0, 0.05) is 24.2 Å². The van der Waals surface area contributed by atoms with Gasteiger partial charge >= 0.3 is 18.2 Å². The summed E-state index contributed by atoms with van der Waals surface area (Å²) in [6.07, 6.45) is -5.40. The molecule has 0 saturated carbocycles. The molecule has 0 aromatic heterocycles. The number of halogens is 4. The lowest BCUT2D eigenvalue weighted by Gasteiger charge is -2.42. The monoisotopic (exact) mass is 723 g/mol. The topological polar surface area (TPSA) is 123 Å². The Morgan fingerprint density at radius 3 is 2.32 bits per heavy atom. The molecule has 1 amide bonds. The maximum absolute atomic E-state index is 14.3. The predicted molar refractivity (Wildman–Crippen MR) is 180 cm³/mol. The number of nitrogens with one attached hydrogen (secondary N) is 2. The minimum atomic E-state index is -5.30. The second kappa shape index (κ2) is 15.3. The first-order chi connectivity index (χ1) is 23.4. The average Bonchev–Trinajstić information content (AvgIpc) is 3.04. The van der Waals surface area contributed by atoms with Crippen molar-refractivity contribution in [3.05, 3.63) is 89.2 Å². The number of hydrogen-bond donors (Lipinski definition) is 2. The van der Waals surface area contributed by atoms with Crippen molar-refractivity contribution >= 4 is 33.5 Å². The Kier molecular flexibility index (Phi) is 11.7. The largest absolute Gasteiger partial charge is 0.490 e. The van der Waals surface area contributed by atoms with Gasteiger partial charge in [-0.3, -0.25) is 9.62 Å². The van der Waals surface area contributed by atoms with Gasteiger partial charge in [-0.1, -0.05) is 50.2 Å². The summed E-state index contributed by atoms with van der Waals surface area (Å²) in [5, 5.41) is 3.12. The normalized spacial score (nSPS) is 15.1. The van der Waals surface area contributed by atoms with Gasteiger partial charge < -0.3 is 19.5 Å². The predicted octanol–water partition coefficient (Wildman–Crippen LogP) is 7.35. The van der Waals surface area contributed by atoms with Crippen LogP contribution in [0, 0.1) is 5.82 Å². The maximum Gasteiger partial charge on any atom is 0.490 e. The molecular weight excluding hydrogens is 682 g/mol. The summed E-state index contributed by atoms with van der Waals surface area (Å²) >= 11 is 0. The molecule has 1 heterocycles. The van der Waals surface area contributed by atoms with E-state index in [1.54, 1.807) is 38.1 Å². The summed E-state index contributed by atoms with van der Waals surface area (Å²) in [6.45, 7) is 7.04. The number of carbonyl (C=O) groups excluding carboxylic acids is 2. The Bertz CT molecular complexity index is 1780. The first-order valence-corrected chi connectivity index (χ1v) is 17.9. The Morgan fingerprint density at radius 2 is 1.70 bits per heavy atom. The number of amides is 1. The fraction of sp³-hybridized carbons (Fsp3) is 0.429. The van der Waals surface area contributed by atoms with Crippen molar-refractivity contribution in [2.45, 2.75) is 77.0 Å². The molecular formula is C35H41F4N3O7S. The van der Waals surface area contributed by atoms with Crippen LogP contribution in [0.15, 0.2) is 66.7 Å². The number of anilines is 2. The van der Waals surface area contributed by atoms with Crippen LogP contribution >= 0.6 is 0 Å². The molecule has 15 heteroatoms. The summed E-state index contributed by atoms with van der Waals surface area (Å²) in [5.74, 6) is -2.81. The number of fused-ring (bicyclic) bond motifs is 1. The highest BCUT2D eigenvalue weighted by atomic mass is 32.2. The van der Waals surface area contributed by atoms with Crippen LogP contribution in [-0.2, 0) is 36.5 Å². The van der Waals surface area contributed by atoms with E-state index in [-0.39, 0.29) is 43.1 Å². The van der Waals surface area contributed by atoms with Crippen molar-refractivity contribution in [1.29, 1.82) is 0 Å². The van der Waals surface area contributed by atoms with Gasteiger partial charge in [-0.15, -0.1) is 0 Å². The zero-order valence-electron chi connectivity index (χ0n) is 28.4. The quantitative estimate of drug-likeness (QED) is 0.123. The average molecular weight is 724 g/mol. The van der Waals surface area contributed by atoms with Crippen molar-refractivity contribution in [2.24, 2.45) is 0 Å². The van der Waals surface area contributed by atoms with Gasteiger partial charge in [0.25, 0.3) is 0 Å². The minimum absolute atomic E-state index is 0.0511. The molecule has 10 nitrogen and oxygen atoms in total. The second-order valence-corrected chi connectivity index (χ2v) is 14.4. The zero-order valence-corrected chi connectivity index (χ0v) is 29.2. The lowest BCUT2D eigenvalue weighted by atomic mass is 9.85. The zero-order chi connectivity index (χ0) is 36.9. The number of nitrogens with zero attached hydrogens (tertiary/aromatic N) is 1. The van der Waals surface area contributed by atoms with E-state index in [9.17, 15) is 35.6 Å². The van der Waals surface area contributed by atoms with Crippen LogP contribution in [0.5, 0.6) is 5.75 Å². The molecule has 0 radical (unpaired) electrons. The van der Waals surface area contributed by atoms with E-state index in [2.05, 4.69) is 10.0 Å². The number of alkyl halides is 3. The van der Waals surface area contributed by atoms with Crippen molar-refractivity contribution in [3.8, 4) is 5.75 Å². The Morgan fingerprint density at radius 1 is 1.02 bits per heavy atom. The van der Waals surface area contributed by atoms with Crippen molar-refractivity contribution in [1.82, 2.24) is 5.32 Å². The van der Waals surface area contributed by atoms with E-state index in [1.165, 1.54) is 41.3 Å². The Balaban J connectivity index is 1.56.